The van der Waals surface area contributed by atoms with E-state index in [9.17, 15) is 4.79 Å². The highest BCUT2D eigenvalue weighted by Gasteiger charge is 1.97. The minimum Gasteiger partial charge on any atom is -0.399 e. The minimum atomic E-state index is 0.592. The molecule has 0 heterocycles. The monoisotopic (exact) mass is 253 g/mol. The lowest BCUT2D eigenvalue weighted by Crippen LogP contribution is -2.00. The first-order valence-corrected chi connectivity index (χ1v) is 5.82. The summed E-state index contributed by atoms with van der Waals surface area (Å²) in [7, 11) is 0. The fourth-order valence-corrected chi connectivity index (χ4v) is 1.58. The second kappa shape index (κ2) is 5.73. The first kappa shape index (κ1) is 12.7. The van der Waals surface area contributed by atoms with Crippen LogP contribution in [0.3, 0.4) is 0 Å². The Kier molecular flexibility index (Phi) is 3.83. The number of nitrogens with two attached hydrogens (primary N) is 2. The SMILES string of the molecule is N/C(=C\Nc1ccc(N)cc1)c1ccc(C=O)cc1. The van der Waals surface area contributed by atoms with Gasteiger partial charge in [-0.25, -0.2) is 0 Å². The third-order valence-corrected chi connectivity index (χ3v) is 2.69. The van der Waals surface area contributed by atoms with Crippen LogP contribution in [-0.4, -0.2) is 6.29 Å². The smallest absolute Gasteiger partial charge is 0.150 e. The van der Waals surface area contributed by atoms with Crippen molar-refractivity contribution in [2.45, 2.75) is 0 Å². The number of aldehydes is 1. The van der Waals surface area contributed by atoms with Crippen molar-refractivity contribution in [1.82, 2.24) is 0 Å². The van der Waals surface area contributed by atoms with E-state index in [0.29, 0.717) is 16.9 Å². The van der Waals surface area contributed by atoms with Gasteiger partial charge >= 0.3 is 0 Å². The van der Waals surface area contributed by atoms with E-state index in [0.717, 1.165) is 17.5 Å². The summed E-state index contributed by atoms with van der Waals surface area (Å²) in [6, 6.07) is 14.4. The Morgan fingerprint density at radius 1 is 1.00 bits per heavy atom. The van der Waals surface area contributed by atoms with Crippen LogP contribution in [-0.2, 0) is 0 Å². The molecule has 0 atom stereocenters. The lowest BCUT2D eigenvalue weighted by atomic mass is 10.1. The van der Waals surface area contributed by atoms with E-state index in [2.05, 4.69) is 5.32 Å². The van der Waals surface area contributed by atoms with Crippen LogP contribution in [0.15, 0.2) is 54.7 Å². The molecule has 2 rings (SSSR count). The fraction of sp³-hybridized carbons (Fsp3) is 0. The topological polar surface area (TPSA) is 81.1 Å². The van der Waals surface area contributed by atoms with Gasteiger partial charge in [0.25, 0.3) is 0 Å². The van der Waals surface area contributed by atoms with Gasteiger partial charge in [0.15, 0.2) is 0 Å². The van der Waals surface area contributed by atoms with Crippen molar-refractivity contribution in [3.8, 4) is 0 Å². The largest absolute Gasteiger partial charge is 0.399 e. The van der Waals surface area contributed by atoms with E-state index < -0.39 is 0 Å². The molecule has 0 unspecified atom stereocenters. The first-order valence-electron chi connectivity index (χ1n) is 5.82. The number of benzene rings is 2. The highest BCUT2D eigenvalue weighted by Crippen LogP contribution is 2.13. The zero-order valence-corrected chi connectivity index (χ0v) is 10.3. The molecule has 0 saturated carbocycles. The summed E-state index contributed by atoms with van der Waals surface area (Å²) in [5.41, 5.74) is 15.2. The van der Waals surface area contributed by atoms with Crippen molar-refractivity contribution in [3.63, 3.8) is 0 Å². The van der Waals surface area contributed by atoms with E-state index >= 15 is 0 Å². The number of carbonyl (C=O) groups is 1. The van der Waals surface area contributed by atoms with Gasteiger partial charge in [0.05, 0.1) is 5.70 Å². The second-order valence-corrected chi connectivity index (χ2v) is 4.11. The Labute approximate surface area is 111 Å². The zero-order valence-electron chi connectivity index (χ0n) is 10.3. The van der Waals surface area contributed by atoms with Crippen molar-refractivity contribution in [2.24, 2.45) is 5.73 Å². The molecule has 0 radical (unpaired) electrons. The van der Waals surface area contributed by atoms with Crippen LogP contribution in [0.4, 0.5) is 11.4 Å². The molecule has 4 heteroatoms. The van der Waals surface area contributed by atoms with Gasteiger partial charge < -0.3 is 16.8 Å². The summed E-state index contributed by atoms with van der Waals surface area (Å²) in [6.45, 7) is 0. The highest BCUT2D eigenvalue weighted by atomic mass is 16.1. The summed E-state index contributed by atoms with van der Waals surface area (Å²) < 4.78 is 0. The molecule has 0 bridgehead atoms. The van der Waals surface area contributed by atoms with Gasteiger partial charge in [-0.2, -0.15) is 0 Å². The standard InChI is InChI=1S/C15H15N3O/c16-13-5-7-14(8-6-13)18-9-15(17)12-3-1-11(10-19)2-4-12/h1-10,18H,16-17H2/b15-9-. The van der Waals surface area contributed by atoms with Gasteiger partial charge in [0.1, 0.15) is 6.29 Å². The number of nitrogens with one attached hydrogen (secondary N) is 1. The lowest BCUT2D eigenvalue weighted by molar-refractivity contribution is 0.112. The van der Waals surface area contributed by atoms with Crippen LogP contribution >= 0.6 is 0 Å². The van der Waals surface area contributed by atoms with Crippen molar-refractivity contribution < 1.29 is 4.79 Å². The third kappa shape index (κ3) is 3.35. The lowest BCUT2D eigenvalue weighted by Gasteiger charge is -2.05. The molecule has 2 aromatic rings. The summed E-state index contributed by atoms with van der Waals surface area (Å²) >= 11 is 0. The molecule has 0 saturated heterocycles. The van der Waals surface area contributed by atoms with Gasteiger partial charge in [0, 0.05) is 23.1 Å². The van der Waals surface area contributed by atoms with Crippen LogP contribution in [0, 0.1) is 0 Å². The van der Waals surface area contributed by atoms with Crippen molar-refractivity contribution in [2.75, 3.05) is 11.1 Å². The van der Waals surface area contributed by atoms with E-state index in [-0.39, 0.29) is 0 Å². The Morgan fingerprint density at radius 2 is 1.63 bits per heavy atom. The number of carbonyl (C=O) groups excluding carboxylic acids is 1. The average Bonchev–Trinajstić information content (AvgIpc) is 2.46. The molecule has 0 aliphatic carbocycles. The molecule has 0 aliphatic rings. The van der Waals surface area contributed by atoms with Gasteiger partial charge in [-0.3, -0.25) is 4.79 Å². The van der Waals surface area contributed by atoms with Gasteiger partial charge in [0.2, 0.25) is 0 Å². The van der Waals surface area contributed by atoms with Gasteiger partial charge in [-0.15, -0.1) is 0 Å². The van der Waals surface area contributed by atoms with Crippen LogP contribution < -0.4 is 16.8 Å². The molecule has 5 N–H and O–H groups in total. The Balaban J connectivity index is 2.09. The molecule has 0 fully saturated rings. The minimum absolute atomic E-state index is 0.592. The molecule has 4 nitrogen and oxygen atoms in total. The average molecular weight is 253 g/mol. The number of rotatable bonds is 4. The van der Waals surface area contributed by atoms with E-state index in [4.69, 9.17) is 11.5 Å². The summed E-state index contributed by atoms with van der Waals surface area (Å²) in [6.07, 6.45) is 2.51. The summed E-state index contributed by atoms with van der Waals surface area (Å²) in [5.74, 6) is 0. The highest BCUT2D eigenvalue weighted by molar-refractivity contribution is 5.76. The molecule has 0 amide bonds. The predicted molar refractivity (Wildman–Crippen MR) is 78.5 cm³/mol. The van der Waals surface area contributed by atoms with Crippen molar-refractivity contribution in [3.05, 3.63) is 65.9 Å². The van der Waals surface area contributed by atoms with Crippen molar-refractivity contribution >= 4 is 23.4 Å². The Morgan fingerprint density at radius 3 is 2.21 bits per heavy atom. The maximum Gasteiger partial charge on any atom is 0.150 e. The van der Waals surface area contributed by atoms with Crippen LogP contribution in [0.2, 0.25) is 0 Å². The normalized spacial score (nSPS) is 11.1. The number of hydrogen-bond acceptors (Lipinski definition) is 4. The molecule has 0 aliphatic heterocycles. The molecule has 0 spiro atoms. The Hall–Kier alpha value is -2.75. The van der Waals surface area contributed by atoms with Crippen LogP contribution in [0.25, 0.3) is 5.70 Å². The number of nitrogen functional groups attached to an aromatic ring is 1. The fourth-order valence-electron chi connectivity index (χ4n) is 1.58. The summed E-state index contributed by atoms with van der Waals surface area (Å²) in [5, 5.41) is 3.09. The zero-order chi connectivity index (χ0) is 13.7. The van der Waals surface area contributed by atoms with Crippen LogP contribution in [0.1, 0.15) is 15.9 Å². The first-order chi connectivity index (χ1) is 9.19. The Bertz CT molecular complexity index is 586. The number of hydrogen-bond donors (Lipinski definition) is 3. The maximum absolute atomic E-state index is 10.6. The molecular weight excluding hydrogens is 238 g/mol. The second-order valence-electron chi connectivity index (χ2n) is 4.11. The van der Waals surface area contributed by atoms with E-state index in [1.165, 1.54) is 0 Å². The van der Waals surface area contributed by atoms with Crippen molar-refractivity contribution in [1.29, 1.82) is 0 Å². The molecule has 96 valence electrons. The van der Waals surface area contributed by atoms with Gasteiger partial charge in [-0.05, 0) is 29.8 Å². The van der Waals surface area contributed by atoms with E-state index in [1.54, 1.807) is 30.5 Å². The van der Waals surface area contributed by atoms with Crippen LogP contribution in [0.5, 0.6) is 0 Å². The number of anilines is 2. The maximum atomic E-state index is 10.6. The molecule has 19 heavy (non-hydrogen) atoms. The molecular formula is C15H15N3O. The van der Waals surface area contributed by atoms with E-state index in [1.807, 2.05) is 24.3 Å². The quantitative estimate of drug-likeness (QED) is 0.577. The predicted octanol–water partition coefficient (Wildman–Crippen LogP) is 2.45. The molecule has 2 aromatic carbocycles. The third-order valence-electron chi connectivity index (χ3n) is 2.69. The molecule has 0 aromatic heterocycles. The summed E-state index contributed by atoms with van der Waals surface area (Å²) in [4.78, 5) is 10.6. The van der Waals surface area contributed by atoms with Gasteiger partial charge in [-0.1, -0.05) is 24.3 Å².